The van der Waals surface area contributed by atoms with E-state index in [1.54, 1.807) is 32.0 Å². The lowest BCUT2D eigenvalue weighted by molar-refractivity contribution is -0.385. The van der Waals surface area contributed by atoms with Crippen molar-refractivity contribution in [3.8, 4) is 0 Å². The molecule has 0 saturated heterocycles. The molecular formula is C20H17BrN4O5. The highest BCUT2D eigenvalue weighted by Gasteiger charge is 2.27. The standard InChI is InChI=1S/C20H17BrN4O5/c1-3-30-20(27)17-11(2)22-14-6-4-5-7-15(14)23-18(17)24-19(26)12-8-9-13(21)16(10-12)25(28)29/h4-10,22H,3H2,1-2H3,(H,23,24,26). The van der Waals surface area contributed by atoms with Crippen LogP contribution in [0.15, 0.2) is 63.2 Å². The lowest BCUT2D eigenvalue weighted by Crippen LogP contribution is -2.35. The Kier molecular flexibility index (Phi) is 6.26. The number of hydrogen-bond acceptors (Lipinski definition) is 7. The molecule has 10 heteroatoms. The molecule has 0 radical (unpaired) electrons. The number of esters is 1. The van der Waals surface area contributed by atoms with Crippen molar-refractivity contribution in [2.24, 2.45) is 4.99 Å². The van der Waals surface area contributed by atoms with Crippen LogP contribution in [-0.2, 0) is 9.53 Å². The van der Waals surface area contributed by atoms with Gasteiger partial charge in [0.05, 0.1) is 27.4 Å². The van der Waals surface area contributed by atoms with Crippen molar-refractivity contribution in [2.45, 2.75) is 13.8 Å². The highest BCUT2D eigenvalue weighted by Crippen LogP contribution is 2.30. The Balaban J connectivity index is 2.04. The van der Waals surface area contributed by atoms with Gasteiger partial charge in [-0.2, -0.15) is 0 Å². The van der Waals surface area contributed by atoms with Crippen LogP contribution in [0, 0.1) is 10.1 Å². The third-order valence-electron chi connectivity index (χ3n) is 4.19. The topological polar surface area (TPSA) is 123 Å². The molecule has 0 aromatic heterocycles. The molecule has 2 aromatic carbocycles. The summed E-state index contributed by atoms with van der Waals surface area (Å²) in [4.78, 5) is 40.4. The number of hydrogen-bond donors (Lipinski definition) is 2. The van der Waals surface area contributed by atoms with E-state index in [4.69, 9.17) is 4.74 Å². The summed E-state index contributed by atoms with van der Waals surface area (Å²) in [6.07, 6.45) is 0. The maximum absolute atomic E-state index is 12.8. The number of ether oxygens (including phenoxy) is 1. The molecule has 0 spiro atoms. The number of nitrogens with one attached hydrogen (secondary N) is 2. The number of carbonyl (C=O) groups is 2. The Bertz CT molecular complexity index is 1110. The number of fused-ring (bicyclic) bond motifs is 1. The third-order valence-corrected chi connectivity index (χ3v) is 4.86. The van der Waals surface area contributed by atoms with Gasteiger partial charge in [-0.05, 0) is 54.0 Å². The van der Waals surface area contributed by atoms with Crippen LogP contribution < -0.4 is 10.6 Å². The summed E-state index contributed by atoms with van der Waals surface area (Å²) in [6.45, 7) is 3.48. The van der Waals surface area contributed by atoms with Gasteiger partial charge in [-0.3, -0.25) is 14.9 Å². The van der Waals surface area contributed by atoms with E-state index in [-0.39, 0.29) is 33.7 Å². The molecule has 154 valence electrons. The minimum atomic E-state index is -0.656. The van der Waals surface area contributed by atoms with E-state index in [1.807, 2.05) is 6.07 Å². The van der Waals surface area contributed by atoms with Crippen molar-refractivity contribution < 1.29 is 19.2 Å². The maximum atomic E-state index is 12.8. The van der Waals surface area contributed by atoms with E-state index in [9.17, 15) is 19.7 Å². The van der Waals surface area contributed by atoms with E-state index < -0.39 is 16.8 Å². The van der Waals surface area contributed by atoms with Crippen molar-refractivity contribution in [2.75, 3.05) is 11.9 Å². The molecule has 3 rings (SSSR count). The van der Waals surface area contributed by atoms with Crippen LogP contribution in [0.1, 0.15) is 24.2 Å². The lowest BCUT2D eigenvalue weighted by Gasteiger charge is -2.13. The maximum Gasteiger partial charge on any atom is 0.343 e. The number of nitrogens with zero attached hydrogens (tertiary/aromatic N) is 2. The normalized spacial score (nSPS) is 12.8. The van der Waals surface area contributed by atoms with Crippen LogP contribution in [0.2, 0.25) is 0 Å². The fourth-order valence-electron chi connectivity index (χ4n) is 2.81. The number of nitro benzene ring substituents is 1. The molecule has 30 heavy (non-hydrogen) atoms. The van der Waals surface area contributed by atoms with Crippen molar-refractivity contribution in [1.29, 1.82) is 0 Å². The van der Waals surface area contributed by atoms with E-state index in [1.165, 1.54) is 12.1 Å². The first-order valence-corrected chi connectivity index (χ1v) is 9.69. The first-order chi connectivity index (χ1) is 14.3. The fraction of sp³-hybridized carbons (Fsp3) is 0.150. The smallest absolute Gasteiger partial charge is 0.343 e. The first kappa shape index (κ1) is 21.2. The van der Waals surface area contributed by atoms with Crippen molar-refractivity contribution >= 4 is 50.7 Å². The molecule has 0 fully saturated rings. The molecule has 0 bridgehead atoms. The Labute approximate surface area is 180 Å². The molecule has 1 aliphatic heterocycles. The monoisotopic (exact) mass is 472 g/mol. The van der Waals surface area contributed by atoms with E-state index in [0.29, 0.717) is 17.1 Å². The first-order valence-electron chi connectivity index (χ1n) is 8.90. The Hall–Kier alpha value is -3.53. The summed E-state index contributed by atoms with van der Waals surface area (Å²) < 4.78 is 5.37. The number of anilines is 1. The molecule has 0 atom stereocenters. The van der Waals surface area contributed by atoms with Crippen molar-refractivity contribution in [3.63, 3.8) is 0 Å². The van der Waals surface area contributed by atoms with Gasteiger partial charge >= 0.3 is 5.97 Å². The highest BCUT2D eigenvalue weighted by atomic mass is 79.9. The summed E-state index contributed by atoms with van der Waals surface area (Å²) >= 11 is 3.09. The minimum absolute atomic E-state index is 0.0148. The number of amidine groups is 1. The van der Waals surface area contributed by atoms with Gasteiger partial charge in [0.25, 0.3) is 11.6 Å². The quantitative estimate of drug-likeness (QED) is 0.392. The van der Waals surface area contributed by atoms with Gasteiger partial charge in [-0.15, -0.1) is 0 Å². The van der Waals surface area contributed by atoms with E-state index in [2.05, 4.69) is 31.6 Å². The molecule has 1 aliphatic rings. The highest BCUT2D eigenvalue weighted by molar-refractivity contribution is 9.10. The number of carbonyl (C=O) groups excluding carboxylic acids is 2. The summed E-state index contributed by atoms with van der Waals surface area (Å²) in [5.41, 5.74) is 1.45. The molecule has 0 aliphatic carbocycles. The zero-order valence-corrected chi connectivity index (χ0v) is 17.6. The molecule has 1 amide bonds. The van der Waals surface area contributed by atoms with Gasteiger partial charge in [0.15, 0.2) is 0 Å². The van der Waals surface area contributed by atoms with Gasteiger partial charge in [0.1, 0.15) is 11.4 Å². The van der Waals surface area contributed by atoms with Crippen molar-refractivity contribution in [3.05, 3.63) is 73.9 Å². The van der Waals surface area contributed by atoms with Crippen LogP contribution in [0.25, 0.3) is 0 Å². The molecule has 2 N–H and O–H groups in total. The number of halogens is 1. The summed E-state index contributed by atoms with van der Waals surface area (Å²) in [5, 5.41) is 16.9. The largest absolute Gasteiger partial charge is 0.462 e. The van der Waals surface area contributed by atoms with E-state index in [0.717, 1.165) is 6.07 Å². The number of allylic oxidation sites excluding steroid dienone is 1. The lowest BCUT2D eigenvalue weighted by atomic mass is 10.1. The van der Waals surface area contributed by atoms with Gasteiger partial charge in [-0.1, -0.05) is 12.1 Å². The summed E-state index contributed by atoms with van der Waals surface area (Å²) in [5.74, 6) is -1.33. The second-order valence-electron chi connectivity index (χ2n) is 6.20. The summed E-state index contributed by atoms with van der Waals surface area (Å²) in [7, 11) is 0. The summed E-state index contributed by atoms with van der Waals surface area (Å²) in [6, 6.07) is 11.1. The average Bonchev–Trinajstić information content (AvgIpc) is 2.83. The molecule has 1 heterocycles. The van der Waals surface area contributed by atoms with Gasteiger partial charge in [0.2, 0.25) is 0 Å². The van der Waals surface area contributed by atoms with Gasteiger partial charge in [0, 0.05) is 17.3 Å². The predicted octanol–water partition coefficient (Wildman–Crippen LogP) is 4.08. The predicted molar refractivity (Wildman–Crippen MR) is 115 cm³/mol. The third kappa shape index (κ3) is 4.38. The molecule has 0 unspecified atom stereocenters. The number of para-hydroxylation sites is 2. The number of nitro groups is 1. The number of aliphatic imine (C=N–C) groups is 1. The molecular weight excluding hydrogens is 456 g/mol. The van der Waals surface area contributed by atoms with E-state index >= 15 is 0 Å². The molecule has 2 aromatic rings. The van der Waals surface area contributed by atoms with Crippen LogP contribution in [-0.4, -0.2) is 29.2 Å². The van der Waals surface area contributed by atoms with Crippen LogP contribution in [0.3, 0.4) is 0 Å². The van der Waals surface area contributed by atoms with Crippen LogP contribution in [0.4, 0.5) is 17.1 Å². The fourth-order valence-corrected chi connectivity index (χ4v) is 3.20. The average molecular weight is 473 g/mol. The second kappa shape index (κ2) is 8.87. The Morgan fingerprint density at radius 2 is 2.00 bits per heavy atom. The molecule has 0 saturated carbocycles. The zero-order chi connectivity index (χ0) is 21.8. The Morgan fingerprint density at radius 3 is 2.70 bits per heavy atom. The zero-order valence-electron chi connectivity index (χ0n) is 16.1. The number of amides is 1. The van der Waals surface area contributed by atoms with Crippen LogP contribution in [0.5, 0.6) is 0 Å². The van der Waals surface area contributed by atoms with Crippen LogP contribution >= 0.6 is 15.9 Å². The molecule has 9 nitrogen and oxygen atoms in total. The number of rotatable bonds is 4. The SMILES string of the molecule is CCOC(=O)C1=C(C)Nc2ccccc2N=C1NC(=O)c1ccc(Br)c([N+](=O)[O-])c1. The van der Waals surface area contributed by atoms with Crippen molar-refractivity contribution in [1.82, 2.24) is 5.32 Å². The Morgan fingerprint density at radius 1 is 1.27 bits per heavy atom. The second-order valence-corrected chi connectivity index (χ2v) is 7.05. The van der Waals surface area contributed by atoms with Gasteiger partial charge < -0.3 is 15.4 Å². The number of benzene rings is 2. The van der Waals surface area contributed by atoms with Gasteiger partial charge in [-0.25, -0.2) is 9.79 Å². The minimum Gasteiger partial charge on any atom is -0.462 e.